The molecule has 1 heterocycles. The zero-order valence-electron chi connectivity index (χ0n) is 11.5. The van der Waals surface area contributed by atoms with Crippen LogP contribution in [0.5, 0.6) is 0 Å². The Labute approximate surface area is 114 Å². The number of hydrogen-bond donors (Lipinski definition) is 1. The zero-order valence-corrected chi connectivity index (χ0v) is 11.5. The van der Waals surface area contributed by atoms with Crippen molar-refractivity contribution in [2.45, 2.75) is 38.6 Å². The van der Waals surface area contributed by atoms with Gasteiger partial charge in [0.05, 0.1) is 6.04 Å². The number of allylic oxidation sites excluding steroid dienone is 1. The minimum absolute atomic E-state index is 0.248. The molecule has 2 heteroatoms. The third-order valence-corrected chi connectivity index (χ3v) is 3.83. The van der Waals surface area contributed by atoms with Crippen LogP contribution in [0.3, 0.4) is 0 Å². The van der Waals surface area contributed by atoms with Crippen molar-refractivity contribution in [1.82, 2.24) is 5.32 Å². The van der Waals surface area contributed by atoms with Gasteiger partial charge in [-0.25, -0.2) is 0 Å². The monoisotopic (exact) mass is 255 g/mol. The van der Waals surface area contributed by atoms with Gasteiger partial charge in [-0.2, -0.15) is 0 Å². The van der Waals surface area contributed by atoms with E-state index in [1.54, 1.807) is 0 Å². The van der Waals surface area contributed by atoms with E-state index >= 15 is 0 Å². The smallest absolute Gasteiger partial charge is 0.134 e. The van der Waals surface area contributed by atoms with Gasteiger partial charge in [-0.05, 0) is 49.9 Å². The molecule has 1 unspecified atom stereocenters. The van der Waals surface area contributed by atoms with Gasteiger partial charge in [-0.1, -0.05) is 31.2 Å². The maximum absolute atomic E-state index is 6.03. The molecule has 0 bridgehead atoms. The molecule has 0 spiro atoms. The first-order valence-corrected chi connectivity index (χ1v) is 7.29. The van der Waals surface area contributed by atoms with Crippen LogP contribution in [-0.2, 0) is 0 Å². The fourth-order valence-electron chi connectivity index (χ4n) is 2.89. The summed E-state index contributed by atoms with van der Waals surface area (Å²) in [5.74, 6) is 1.05. The summed E-state index contributed by atoms with van der Waals surface area (Å²) >= 11 is 0. The van der Waals surface area contributed by atoms with Gasteiger partial charge in [0.1, 0.15) is 11.3 Å². The third-order valence-electron chi connectivity index (χ3n) is 3.83. The van der Waals surface area contributed by atoms with E-state index < -0.39 is 0 Å². The molecule has 2 aromatic rings. The molecule has 0 amide bonds. The van der Waals surface area contributed by atoms with Crippen molar-refractivity contribution in [2.24, 2.45) is 0 Å². The maximum Gasteiger partial charge on any atom is 0.134 e. The van der Waals surface area contributed by atoms with E-state index in [0.717, 1.165) is 17.9 Å². The molecule has 2 nitrogen and oxygen atoms in total. The van der Waals surface area contributed by atoms with E-state index in [1.807, 2.05) is 12.1 Å². The van der Waals surface area contributed by atoms with Crippen LogP contribution in [-0.4, -0.2) is 6.54 Å². The van der Waals surface area contributed by atoms with Crippen molar-refractivity contribution in [3.8, 4) is 0 Å². The summed E-state index contributed by atoms with van der Waals surface area (Å²) in [7, 11) is 0. The topological polar surface area (TPSA) is 25.2 Å². The van der Waals surface area contributed by atoms with Gasteiger partial charge in [0.15, 0.2) is 0 Å². The molecule has 0 radical (unpaired) electrons. The summed E-state index contributed by atoms with van der Waals surface area (Å²) in [6, 6.07) is 10.7. The Balaban J connectivity index is 1.96. The molecule has 1 aromatic heterocycles. The van der Waals surface area contributed by atoms with E-state index in [0.29, 0.717) is 0 Å². The maximum atomic E-state index is 6.03. The SMILES string of the molecule is CCNC(C1=CCCCC1)c1cc2ccccc2o1. The summed E-state index contributed by atoms with van der Waals surface area (Å²) in [5, 5.41) is 4.76. The fourth-order valence-corrected chi connectivity index (χ4v) is 2.89. The van der Waals surface area contributed by atoms with Crippen LogP contribution in [0.15, 0.2) is 46.4 Å². The molecule has 0 fully saturated rings. The largest absolute Gasteiger partial charge is 0.459 e. The van der Waals surface area contributed by atoms with Crippen molar-refractivity contribution in [3.63, 3.8) is 0 Å². The molecule has 0 saturated heterocycles. The van der Waals surface area contributed by atoms with Gasteiger partial charge < -0.3 is 9.73 Å². The van der Waals surface area contributed by atoms with E-state index in [2.05, 4.69) is 36.5 Å². The van der Waals surface area contributed by atoms with Crippen LogP contribution in [0.1, 0.15) is 44.4 Å². The second-order valence-corrected chi connectivity index (χ2v) is 5.20. The van der Waals surface area contributed by atoms with Gasteiger partial charge in [-0.3, -0.25) is 0 Å². The zero-order chi connectivity index (χ0) is 13.1. The van der Waals surface area contributed by atoms with Gasteiger partial charge in [0.25, 0.3) is 0 Å². The Morgan fingerprint density at radius 1 is 1.26 bits per heavy atom. The van der Waals surface area contributed by atoms with Crippen molar-refractivity contribution < 1.29 is 4.42 Å². The number of nitrogens with one attached hydrogen (secondary N) is 1. The van der Waals surface area contributed by atoms with Crippen molar-refractivity contribution in [3.05, 3.63) is 47.7 Å². The normalized spacial score (nSPS) is 17.4. The molecule has 0 saturated carbocycles. The molecule has 0 aliphatic heterocycles. The predicted octanol–water partition coefficient (Wildman–Crippen LogP) is 4.58. The highest BCUT2D eigenvalue weighted by Gasteiger charge is 2.20. The first-order valence-electron chi connectivity index (χ1n) is 7.29. The Morgan fingerprint density at radius 2 is 2.16 bits per heavy atom. The average molecular weight is 255 g/mol. The molecule has 100 valence electrons. The molecule has 1 aliphatic carbocycles. The van der Waals surface area contributed by atoms with Crippen LogP contribution in [0.2, 0.25) is 0 Å². The average Bonchev–Trinajstić information content (AvgIpc) is 2.89. The molecule has 19 heavy (non-hydrogen) atoms. The van der Waals surface area contributed by atoms with Gasteiger partial charge in [-0.15, -0.1) is 0 Å². The van der Waals surface area contributed by atoms with Crippen LogP contribution >= 0.6 is 0 Å². The Kier molecular flexibility index (Phi) is 3.69. The standard InChI is InChI=1S/C17H21NO/c1-2-18-17(13-8-4-3-5-9-13)16-12-14-10-6-7-11-15(14)19-16/h6-8,10-12,17-18H,2-5,9H2,1H3. The summed E-state index contributed by atoms with van der Waals surface area (Å²) in [6.45, 7) is 3.11. The number of furan rings is 1. The fraction of sp³-hybridized carbons (Fsp3) is 0.412. The number of rotatable bonds is 4. The lowest BCUT2D eigenvalue weighted by Gasteiger charge is -2.22. The highest BCUT2D eigenvalue weighted by molar-refractivity contribution is 5.77. The van der Waals surface area contributed by atoms with E-state index in [-0.39, 0.29) is 6.04 Å². The molecule has 1 aliphatic rings. The van der Waals surface area contributed by atoms with E-state index in [4.69, 9.17) is 4.42 Å². The molecular formula is C17H21NO. The second-order valence-electron chi connectivity index (χ2n) is 5.20. The first kappa shape index (κ1) is 12.5. The highest BCUT2D eigenvalue weighted by Crippen LogP contribution is 2.32. The van der Waals surface area contributed by atoms with Gasteiger partial charge >= 0.3 is 0 Å². The number of benzene rings is 1. The lowest BCUT2D eigenvalue weighted by molar-refractivity contribution is 0.456. The first-order chi connectivity index (χ1) is 9.38. The summed E-state index contributed by atoms with van der Waals surface area (Å²) in [6.07, 6.45) is 7.41. The molecular weight excluding hydrogens is 234 g/mol. The third kappa shape index (κ3) is 2.59. The lowest BCUT2D eigenvalue weighted by atomic mass is 9.92. The number of para-hydroxylation sites is 1. The van der Waals surface area contributed by atoms with Crippen LogP contribution < -0.4 is 5.32 Å². The summed E-state index contributed by atoms with van der Waals surface area (Å²) in [4.78, 5) is 0. The van der Waals surface area contributed by atoms with Gasteiger partial charge in [0.2, 0.25) is 0 Å². The van der Waals surface area contributed by atoms with E-state index in [9.17, 15) is 0 Å². The lowest BCUT2D eigenvalue weighted by Crippen LogP contribution is -2.23. The van der Waals surface area contributed by atoms with Crippen molar-refractivity contribution >= 4 is 11.0 Å². The van der Waals surface area contributed by atoms with Crippen molar-refractivity contribution in [2.75, 3.05) is 6.54 Å². The number of fused-ring (bicyclic) bond motifs is 1. The summed E-state index contributed by atoms with van der Waals surface area (Å²) in [5.41, 5.74) is 2.48. The molecule has 1 aromatic carbocycles. The van der Waals surface area contributed by atoms with E-state index in [1.165, 1.54) is 36.6 Å². The van der Waals surface area contributed by atoms with Crippen LogP contribution in [0.4, 0.5) is 0 Å². The minimum atomic E-state index is 0.248. The predicted molar refractivity (Wildman–Crippen MR) is 79.2 cm³/mol. The highest BCUT2D eigenvalue weighted by atomic mass is 16.3. The minimum Gasteiger partial charge on any atom is -0.459 e. The van der Waals surface area contributed by atoms with Crippen molar-refractivity contribution in [1.29, 1.82) is 0 Å². The molecule has 1 atom stereocenters. The van der Waals surface area contributed by atoms with Crippen LogP contribution in [0.25, 0.3) is 11.0 Å². The quantitative estimate of drug-likeness (QED) is 0.809. The Hall–Kier alpha value is -1.54. The summed E-state index contributed by atoms with van der Waals surface area (Å²) < 4.78 is 6.03. The van der Waals surface area contributed by atoms with Crippen LogP contribution in [0, 0.1) is 0 Å². The number of hydrogen-bond acceptors (Lipinski definition) is 2. The number of likely N-dealkylation sites (N-methyl/N-ethyl adjacent to an activating group) is 1. The van der Waals surface area contributed by atoms with Gasteiger partial charge in [0, 0.05) is 5.39 Å². The second kappa shape index (κ2) is 5.62. The Morgan fingerprint density at radius 3 is 2.89 bits per heavy atom. The molecule has 3 rings (SSSR count). The Bertz CT molecular complexity index is 549. The molecule has 1 N–H and O–H groups in total.